The van der Waals surface area contributed by atoms with Crippen molar-refractivity contribution in [2.45, 2.75) is 17.5 Å². The summed E-state index contributed by atoms with van der Waals surface area (Å²) >= 11 is 1.36. The standard InChI is InChI=1S/C17H14FN5OS/c18-14-7-3-4-8-15(14)24-10-16-21-22-17(23(16)20)25-11-13-6-2-1-5-12(13)9-19/h1-8H,10-11,20H2. The summed E-state index contributed by atoms with van der Waals surface area (Å²) in [7, 11) is 0. The number of hydrogen-bond donors (Lipinski definition) is 1. The Morgan fingerprint density at radius 1 is 1.16 bits per heavy atom. The van der Waals surface area contributed by atoms with Gasteiger partial charge in [-0.3, -0.25) is 0 Å². The molecule has 126 valence electrons. The molecule has 0 saturated carbocycles. The smallest absolute Gasteiger partial charge is 0.210 e. The zero-order valence-corrected chi connectivity index (χ0v) is 13.9. The van der Waals surface area contributed by atoms with Gasteiger partial charge in [-0.25, -0.2) is 9.07 Å². The summed E-state index contributed by atoms with van der Waals surface area (Å²) in [6.07, 6.45) is 0. The summed E-state index contributed by atoms with van der Waals surface area (Å²) in [5.41, 5.74) is 1.50. The Kier molecular flexibility index (Phi) is 5.16. The summed E-state index contributed by atoms with van der Waals surface area (Å²) in [6, 6.07) is 15.6. The molecule has 2 aromatic carbocycles. The minimum Gasteiger partial charge on any atom is -0.482 e. The normalized spacial score (nSPS) is 10.4. The van der Waals surface area contributed by atoms with Crippen molar-refractivity contribution < 1.29 is 9.13 Å². The molecule has 0 spiro atoms. The first-order valence-electron chi connectivity index (χ1n) is 7.36. The van der Waals surface area contributed by atoms with Crippen LogP contribution < -0.4 is 10.6 Å². The Hall–Kier alpha value is -3.05. The van der Waals surface area contributed by atoms with E-state index >= 15 is 0 Å². The summed E-state index contributed by atoms with van der Waals surface area (Å²) in [5.74, 6) is 6.56. The van der Waals surface area contributed by atoms with E-state index in [1.165, 1.54) is 28.6 Å². The minimum absolute atomic E-state index is 0.000222. The van der Waals surface area contributed by atoms with Crippen LogP contribution in [0.5, 0.6) is 5.75 Å². The van der Waals surface area contributed by atoms with Crippen molar-refractivity contribution in [2.24, 2.45) is 0 Å². The fraction of sp³-hybridized carbons (Fsp3) is 0.118. The second-order valence-corrected chi connectivity index (χ2v) is 5.99. The van der Waals surface area contributed by atoms with Crippen molar-refractivity contribution in [3.05, 3.63) is 71.3 Å². The van der Waals surface area contributed by atoms with Gasteiger partial charge < -0.3 is 10.6 Å². The van der Waals surface area contributed by atoms with Gasteiger partial charge >= 0.3 is 0 Å². The van der Waals surface area contributed by atoms with Crippen molar-refractivity contribution >= 4 is 11.8 Å². The molecule has 0 amide bonds. The van der Waals surface area contributed by atoms with E-state index in [1.54, 1.807) is 18.2 Å². The molecule has 8 heteroatoms. The average molecular weight is 355 g/mol. The largest absolute Gasteiger partial charge is 0.482 e. The first-order valence-corrected chi connectivity index (χ1v) is 8.35. The number of nitrogens with two attached hydrogens (primary N) is 1. The Balaban J connectivity index is 1.65. The Morgan fingerprint density at radius 2 is 1.92 bits per heavy atom. The molecule has 0 unspecified atom stereocenters. The Morgan fingerprint density at radius 3 is 2.72 bits per heavy atom. The van der Waals surface area contributed by atoms with Crippen LogP contribution in [0.2, 0.25) is 0 Å². The molecule has 3 rings (SSSR count). The van der Waals surface area contributed by atoms with Gasteiger partial charge in [-0.05, 0) is 23.8 Å². The Labute approximate surface area is 148 Å². The molecule has 3 aromatic rings. The molecule has 6 nitrogen and oxygen atoms in total. The number of halogens is 1. The van der Waals surface area contributed by atoms with Crippen LogP contribution in [0.4, 0.5) is 4.39 Å². The molecule has 25 heavy (non-hydrogen) atoms. The second-order valence-electron chi connectivity index (χ2n) is 5.05. The highest BCUT2D eigenvalue weighted by molar-refractivity contribution is 7.98. The van der Waals surface area contributed by atoms with E-state index in [0.717, 1.165) is 5.56 Å². The highest BCUT2D eigenvalue weighted by Gasteiger charge is 2.13. The molecular formula is C17H14FN5OS. The first-order chi connectivity index (χ1) is 12.2. The van der Waals surface area contributed by atoms with E-state index < -0.39 is 5.82 Å². The van der Waals surface area contributed by atoms with Crippen LogP contribution in [0, 0.1) is 17.1 Å². The van der Waals surface area contributed by atoms with Gasteiger partial charge in [-0.15, -0.1) is 10.2 Å². The molecular weight excluding hydrogens is 341 g/mol. The van der Waals surface area contributed by atoms with Crippen LogP contribution in [0.1, 0.15) is 17.0 Å². The third-order valence-corrected chi connectivity index (χ3v) is 4.42. The monoisotopic (exact) mass is 355 g/mol. The van der Waals surface area contributed by atoms with Gasteiger partial charge in [0.1, 0.15) is 6.61 Å². The van der Waals surface area contributed by atoms with Gasteiger partial charge in [0.15, 0.2) is 17.4 Å². The number of nitrogens with zero attached hydrogens (tertiary/aromatic N) is 4. The lowest BCUT2D eigenvalue weighted by molar-refractivity contribution is 0.277. The SMILES string of the molecule is N#Cc1ccccc1CSc1nnc(COc2ccccc2F)n1N. The molecule has 1 heterocycles. The van der Waals surface area contributed by atoms with E-state index in [4.69, 9.17) is 15.8 Å². The molecule has 0 aliphatic rings. The van der Waals surface area contributed by atoms with Gasteiger partial charge in [-0.1, -0.05) is 42.1 Å². The fourth-order valence-electron chi connectivity index (χ4n) is 2.11. The maximum Gasteiger partial charge on any atom is 0.210 e. The summed E-state index contributed by atoms with van der Waals surface area (Å²) in [6.45, 7) is -0.000222. The third-order valence-electron chi connectivity index (χ3n) is 3.42. The number of thioether (sulfide) groups is 1. The molecule has 0 bridgehead atoms. The Bertz CT molecular complexity index is 921. The van der Waals surface area contributed by atoms with Crippen LogP contribution in [0.3, 0.4) is 0 Å². The highest BCUT2D eigenvalue weighted by atomic mass is 32.2. The molecule has 0 saturated heterocycles. The zero-order valence-electron chi connectivity index (χ0n) is 13.1. The number of benzene rings is 2. The lowest BCUT2D eigenvalue weighted by Crippen LogP contribution is -2.16. The molecule has 0 fully saturated rings. The van der Waals surface area contributed by atoms with Gasteiger partial charge in [0, 0.05) is 5.75 Å². The molecule has 0 aliphatic carbocycles. The van der Waals surface area contributed by atoms with Crippen LogP contribution >= 0.6 is 11.8 Å². The predicted molar refractivity (Wildman–Crippen MR) is 91.6 cm³/mol. The number of nitriles is 1. The molecule has 1 aromatic heterocycles. The van der Waals surface area contributed by atoms with Crippen LogP contribution in [-0.2, 0) is 12.4 Å². The molecule has 0 atom stereocenters. The van der Waals surface area contributed by atoms with Crippen molar-refractivity contribution in [3.8, 4) is 11.8 Å². The van der Waals surface area contributed by atoms with E-state index in [0.29, 0.717) is 22.3 Å². The number of aromatic nitrogens is 3. The molecule has 0 radical (unpaired) electrons. The van der Waals surface area contributed by atoms with Crippen LogP contribution in [0.25, 0.3) is 0 Å². The second kappa shape index (κ2) is 7.68. The van der Waals surface area contributed by atoms with E-state index in [1.807, 2.05) is 18.2 Å². The number of rotatable bonds is 6. The van der Waals surface area contributed by atoms with Gasteiger partial charge in [-0.2, -0.15) is 5.26 Å². The van der Waals surface area contributed by atoms with Crippen molar-refractivity contribution in [2.75, 3.05) is 5.84 Å². The van der Waals surface area contributed by atoms with Crippen LogP contribution in [0.15, 0.2) is 53.7 Å². The van der Waals surface area contributed by atoms with Gasteiger partial charge in [0.25, 0.3) is 0 Å². The topological polar surface area (TPSA) is 89.8 Å². The van der Waals surface area contributed by atoms with Gasteiger partial charge in [0.05, 0.1) is 11.6 Å². The van der Waals surface area contributed by atoms with E-state index in [-0.39, 0.29) is 12.4 Å². The zero-order chi connectivity index (χ0) is 17.6. The van der Waals surface area contributed by atoms with Crippen molar-refractivity contribution in [1.29, 1.82) is 5.26 Å². The quantitative estimate of drug-likeness (QED) is 0.540. The van der Waals surface area contributed by atoms with E-state index in [2.05, 4.69) is 16.3 Å². The number of ether oxygens (including phenoxy) is 1. The molecule has 0 aliphatic heterocycles. The minimum atomic E-state index is -0.451. The highest BCUT2D eigenvalue weighted by Crippen LogP contribution is 2.23. The molecule has 2 N–H and O–H groups in total. The predicted octanol–water partition coefficient (Wildman–Crippen LogP) is 2.87. The van der Waals surface area contributed by atoms with Crippen molar-refractivity contribution in [1.82, 2.24) is 14.9 Å². The fourth-order valence-corrected chi connectivity index (χ4v) is 2.99. The van der Waals surface area contributed by atoms with Crippen molar-refractivity contribution in [3.63, 3.8) is 0 Å². The summed E-state index contributed by atoms with van der Waals surface area (Å²) in [4.78, 5) is 0. The average Bonchev–Trinajstić information content (AvgIpc) is 2.99. The number of hydrogen-bond acceptors (Lipinski definition) is 6. The summed E-state index contributed by atoms with van der Waals surface area (Å²) in [5, 5.41) is 17.6. The maximum atomic E-state index is 13.5. The lowest BCUT2D eigenvalue weighted by atomic mass is 10.1. The lowest BCUT2D eigenvalue weighted by Gasteiger charge is -2.07. The number of nitrogen functional groups attached to an aromatic ring is 1. The first kappa shape index (κ1) is 16.8. The van der Waals surface area contributed by atoms with E-state index in [9.17, 15) is 4.39 Å². The third kappa shape index (κ3) is 3.89. The maximum absolute atomic E-state index is 13.5. The van der Waals surface area contributed by atoms with Crippen LogP contribution in [-0.4, -0.2) is 14.9 Å². The number of para-hydroxylation sites is 1. The summed E-state index contributed by atoms with van der Waals surface area (Å²) < 4.78 is 20.2. The van der Waals surface area contributed by atoms with Gasteiger partial charge in [0.2, 0.25) is 5.16 Å².